The Morgan fingerprint density at radius 3 is 2.38 bits per heavy atom. The van der Waals surface area contributed by atoms with Crippen LogP contribution in [-0.4, -0.2) is 24.6 Å². The normalized spacial score (nSPS) is 18.5. The summed E-state index contributed by atoms with van der Waals surface area (Å²) in [5, 5.41) is 7.38. The van der Waals surface area contributed by atoms with Crippen LogP contribution in [-0.2, 0) is 0 Å². The molecule has 0 radical (unpaired) electrons. The molecule has 0 aliphatic heterocycles. The molecule has 124 valence electrons. The lowest BCUT2D eigenvalue weighted by Crippen LogP contribution is -2.48. The standard InChI is InChI=1S/C18H37N3/c1-4-7-12-16(6-3)20-18(19-15-8-5-2)21-17-13-10-9-11-14-17/h16-17H,4-15H2,1-3H3,(H2,19,20,21). The van der Waals surface area contributed by atoms with Crippen molar-refractivity contribution in [3.63, 3.8) is 0 Å². The zero-order valence-electron chi connectivity index (χ0n) is 14.6. The number of hydrogen-bond donors (Lipinski definition) is 2. The van der Waals surface area contributed by atoms with Crippen molar-refractivity contribution in [3.8, 4) is 0 Å². The van der Waals surface area contributed by atoms with Gasteiger partial charge in [0.15, 0.2) is 5.96 Å². The van der Waals surface area contributed by atoms with Crippen molar-refractivity contribution >= 4 is 5.96 Å². The molecule has 21 heavy (non-hydrogen) atoms. The van der Waals surface area contributed by atoms with Crippen LogP contribution in [0.4, 0.5) is 0 Å². The van der Waals surface area contributed by atoms with E-state index in [1.54, 1.807) is 0 Å². The van der Waals surface area contributed by atoms with Crippen molar-refractivity contribution in [2.24, 2.45) is 4.99 Å². The van der Waals surface area contributed by atoms with Crippen LogP contribution >= 0.6 is 0 Å². The van der Waals surface area contributed by atoms with Crippen molar-refractivity contribution in [2.45, 2.75) is 103 Å². The lowest BCUT2D eigenvalue weighted by Gasteiger charge is -2.27. The van der Waals surface area contributed by atoms with Gasteiger partial charge in [-0.3, -0.25) is 4.99 Å². The molecule has 1 aliphatic carbocycles. The molecule has 1 unspecified atom stereocenters. The Hall–Kier alpha value is -0.730. The third-order valence-corrected chi connectivity index (χ3v) is 4.47. The van der Waals surface area contributed by atoms with Crippen molar-refractivity contribution in [1.82, 2.24) is 10.6 Å². The SMILES string of the molecule is CCCCN=C(NC(CC)CCCC)NC1CCCCC1. The van der Waals surface area contributed by atoms with E-state index in [1.807, 2.05) is 0 Å². The quantitative estimate of drug-likeness (QED) is 0.370. The maximum absolute atomic E-state index is 4.80. The molecule has 0 aromatic heterocycles. The van der Waals surface area contributed by atoms with Gasteiger partial charge in [0.05, 0.1) is 0 Å². The van der Waals surface area contributed by atoms with Gasteiger partial charge in [-0.15, -0.1) is 0 Å². The molecule has 0 spiro atoms. The lowest BCUT2D eigenvalue weighted by atomic mass is 9.96. The number of unbranched alkanes of at least 4 members (excludes halogenated alkanes) is 2. The minimum absolute atomic E-state index is 0.571. The molecule has 1 atom stereocenters. The van der Waals surface area contributed by atoms with Crippen molar-refractivity contribution < 1.29 is 0 Å². The first-order valence-electron chi connectivity index (χ1n) is 9.37. The third kappa shape index (κ3) is 8.33. The van der Waals surface area contributed by atoms with Crippen LogP contribution in [0.5, 0.6) is 0 Å². The van der Waals surface area contributed by atoms with Crippen LogP contribution in [0, 0.1) is 0 Å². The lowest BCUT2D eigenvalue weighted by molar-refractivity contribution is 0.405. The summed E-state index contributed by atoms with van der Waals surface area (Å²) in [7, 11) is 0. The van der Waals surface area contributed by atoms with E-state index >= 15 is 0 Å². The number of guanidine groups is 1. The summed E-state index contributed by atoms with van der Waals surface area (Å²) in [6.45, 7) is 7.72. The summed E-state index contributed by atoms with van der Waals surface area (Å²) in [6.07, 6.45) is 14.2. The molecule has 0 bridgehead atoms. The van der Waals surface area contributed by atoms with Gasteiger partial charge in [-0.2, -0.15) is 0 Å². The molecular weight excluding hydrogens is 258 g/mol. The molecule has 0 aromatic rings. The highest BCUT2D eigenvalue weighted by Crippen LogP contribution is 2.17. The van der Waals surface area contributed by atoms with Crippen LogP contribution in [0.25, 0.3) is 0 Å². The van der Waals surface area contributed by atoms with Crippen LogP contribution in [0.1, 0.15) is 91.4 Å². The first-order chi connectivity index (χ1) is 10.3. The maximum atomic E-state index is 4.80. The maximum Gasteiger partial charge on any atom is 0.191 e. The van der Waals surface area contributed by atoms with Gasteiger partial charge in [0.2, 0.25) is 0 Å². The molecule has 1 aliphatic rings. The average molecular weight is 296 g/mol. The van der Waals surface area contributed by atoms with Gasteiger partial charge in [0.25, 0.3) is 0 Å². The zero-order chi connectivity index (χ0) is 15.3. The number of nitrogens with zero attached hydrogens (tertiary/aromatic N) is 1. The number of rotatable bonds is 9. The van der Waals surface area contributed by atoms with Gasteiger partial charge < -0.3 is 10.6 Å². The number of aliphatic imine (C=N–C) groups is 1. The minimum atomic E-state index is 0.571. The average Bonchev–Trinajstić information content (AvgIpc) is 2.52. The Labute approximate surface area is 132 Å². The van der Waals surface area contributed by atoms with E-state index in [9.17, 15) is 0 Å². The summed E-state index contributed by atoms with van der Waals surface area (Å²) >= 11 is 0. The van der Waals surface area contributed by atoms with Crippen molar-refractivity contribution in [3.05, 3.63) is 0 Å². The third-order valence-electron chi connectivity index (χ3n) is 4.47. The van der Waals surface area contributed by atoms with Crippen LogP contribution < -0.4 is 10.6 Å². The topological polar surface area (TPSA) is 36.4 Å². The van der Waals surface area contributed by atoms with E-state index in [4.69, 9.17) is 4.99 Å². The fraction of sp³-hybridized carbons (Fsp3) is 0.944. The first-order valence-corrected chi connectivity index (χ1v) is 9.37. The van der Waals surface area contributed by atoms with Crippen LogP contribution in [0.15, 0.2) is 4.99 Å². The van der Waals surface area contributed by atoms with Gasteiger partial charge in [-0.05, 0) is 32.1 Å². The Morgan fingerprint density at radius 1 is 1.05 bits per heavy atom. The molecule has 0 amide bonds. The summed E-state index contributed by atoms with van der Waals surface area (Å²) in [5.74, 6) is 1.07. The van der Waals surface area contributed by atoms with Gasteiger partial charge in [0, 0.05) is 18.6 Å². The fourth-order valence-corrected chi connectivity index (χ4v) is 2.94. The Balaban J connectivity index is 2.50. The largest absolute Gasteiger partial charge is 0.354 e. The van der Waals surface area contributed by atoms with Gasteiger partial charge in [-0.25, -0.2) is 0 Å². The monoisotopic (exact) mass is 295 g/mol. The molecule has 1 saturated carbocycles. The molecular formula is C18H37N3. The van der Waals surface area contributed by atoms with Crippen LogP contribution in [0.3, 0.4) is 0 Å². The van der Waals surface area contributed by atoms with Gasteiger partial charge >= 0.3 is 0 Å². The summed E-state index contributed by atoms with van der Waals surface area (Å²) in [6, 6.07) is 1.21. The van der Waals surface area contributed by atoms with E-state index in [0.717, 1.165) is 12.5 Å². The van der Waals surface area contributed by atoms with Crippen molar-refractivity contribution in [1.29, 1.82) is 0 Å². The molecule has 0 saturated heterocycles. The molecule has 1 fully saturated rings. The number of hydrogen-bond acceptors (Lipinski definition) is 1. The van der Waals surface area contributed by atoms with E-state index in [1.165, 1.54) is 70.6 Å². The zero-order valence-corrected chi connectivity index (χ0v) is 14.6. The second-order valence-electron chi connectivity index (χ2n) is 6.45. The van der Waals surface area contributed by atoms with E-state index in [-0.39, 0.29) is 0 Å². The smallest absolute Gasteiger partial charge is 0.191 e. The molecule has 3 nitrogen and oxygen atoms in total. The predicted octanol–water partition coefficient (Wildman–Crippen LogP) is 4.62. The summed E-state index contributed by atoms with van der Waals surface area (Å²) in [4.78, 5) is 4.80. The molecule has 0 heterocycles. The Bertz CT molecular complexity index is 270. The summed E-state index contributed by atoms with van der Waals surface area (Å²) in [5.41, 5.74) is 0. The minimum Gasteiger partial charge on any atom is -0.354 e. The molecule has 1 rings (SSSR count). The van der Waals surface area contributed by atoms with E-state index in [0.29, 0.717) is 12.1 Å². The number of nitrogens with one attached hydrogen (secondary N) is 2. The second-order valence-corrected chi connectivity index (χ2v) is 6.45. The van der Waals surface area contributed by atoms with Crippen molar-refractivity contribution in [2.75, 3.05) is 6.54 Å². The Morgan fingerprint density at radius 2 is 1.76 bits per heavy atom. The second kappa shape index (κ2) is 11.9. The molecule has 2 N–H and O–H groups in total. The first kappa shape index (κ1) is 18.3. The van der Waals surface area contributed by atoms with E-state index < -0.39 is 0 Å². The summed E-state index contributed by atoms with van der Waals surface area (Å²) < 4.78 is 0. The molecule has 3 heteroatoms. The van der Waals surface area contributed by atoms with Gasteiger partial charge in [-0.1, -0.05) is 59.3 Å². The molecule has 0 aromatic carbocycles. The highest BCUT2D eigenvalue weighted by molar-refractivity contribution is 5.80. The van der Waals surface area contributed by atoms with Gasteiger partial charge in [0.1, 0.15) is 0 Å². The fourth-order valence-electron chi connectivity index (χ4n) is 2.94. The Kier molecular flexibility index (Phi) is 10.4. The highest BCUT2D eigenvalue weighted by atomic mass is 15.2. The predicted molar refractivity (Wildman–Crippen MR) is 94.0 cm³/mol. The highest BCUT2D eigenvalue weighted by Gasteiger charge is 2.16. The van der Waals surface area contributed by atoms with Crippen LogP contribution in [0.2, 0.25) is 0 Å². The van der Waals surface area contributed by atoms with E-state index in [2.05, 4.69) is 31.4 Å².